The average Bonchev–Trinajstić information content (AvgIpc) is 2.87. The van der Waals surface area contributed by atoms with Crippen molar-refractivity contribution in [1.29, 1.82) is 0 Å². The van der Waals surface area contributed by atoms with E-state index in [9.17, 15) is 14.4 Å². The summed E-state index contributed by atoms with van der Waals surface area (Å²) in [4.78, 5) is 36.3. The van der Waals surface area contributed by atoms with Crippen molar-refractivity contribution in [2.24, 2.45) is 0 Å². The second-order valence-electron chi connectivity index (χ2n) is 6.95. The number of esters is 1. The van der Waals surface area contributed by atoms with Gasteiger partial charge in [0.1, 0.15) is 18.1 Å². The third kappa shape index (κ3) is 9.98. The minimum absolute atomic E-state index is 0.109. The SMILES string of the molecule is CCCOC(=O)c1ccc(OCC(=O)NNC(=S)NC(=O)c2ccccc2OCCOCC)cc1. The number of rotatable bonds is 12. The van der Waals surface area contributed by atoms with Gasteiger partial charge in [-0.05, 0) is 62.0 Å². The van der Waals surface area contributed by atoms with Crippen molar-refractivity contribution in [2.75, 3.05) is 33.0 Å². The van der Waals surface area contributed by atoms with Gasteiger partial charge in [-0.1, -0.05) is 19.1 Å². The molecule has 2 aromatic rings. The number of amides is 2. The third-order valence-electron chi connectivity index (χ3n) is 4.26. The van der Waals surface area contributed by atoms with Crippen LogP contribution in [0.1, 0.15) is 41.0 Å². The van der Waals surface area contributed by atoms with E-state index in [1.165, 1.54) is 0 Å². The largest absolute Gasteiger partial charge is 0.490 e. The third-order valence-corrected chi connectivity index (χ3v) is 4.46. The second kappa shape index (κ2) is 15.3. The molecule has 2 amide bonds. The first-order valence-electron chi connectivity index (χ1n) is 11.0. The minimum atomic E-state index is -0.535. The monoisotopic (exact) mass is 503 g/mol. The van der Waals surface area contributed by atoms with Gasteiger partial charge in [-0.25, -0.2) is 4.79 Å². The molecule has 0 aliphatic carbocycles. The minimum Gasteiger partial charge on any atom is -0.490 e. The van der Waals surface area contributed by atoms with Crippen molar-refractivity contribution in [2.45, 2.75) is 20.3 Å². The maximum absolute atomic E-state index is 12.5. The quantitative estimate of drug-likeness (QED) is 0.173. The number of thiocarbonyl (C=S) groups is 1. The summed E-state index contributed by atoms with van der Waals surface area (Å²) in [6, 6.07) is 12.9. The van der Waals surface area contributed by atoms with E-state index in [1.807, 2.05) is 13.8 Å². The van der Waals surface area contributed by atoms with Crippen molar-refractivity contribution in [3.8, 4) is 11.5 Å². The molecule has 11 heteroatoms. The summed E-state index contributed by atoms with van der Waals surface area (Å²) in [5.74, 6) is -0.681. The van der Waals surface area contributed by atoms with Crippen molar-refractivity contribution in [3.05, 3.63) is 59.7 Å². The fraction of sp³-hybridized carbons (Fsp3) is 0.333. The van der Waals surface area contributed by atoms with E-state index in [1.54, 1.807) is 48.5 Å². The molecule has 0 spiro atoms. The van der Waals surface area contributed by atoms with Crippen molar-refractivity contribution < 1.29 is 33.3 Å². The molecule has 0 heterocycles. The molecule has 0 fully saturated rings. The lowest BCUT2D eigenvalue weighted by Crippen LogP contribution is -2.49. The molecule has 0 unspecified atom stereocenters. The normalized spacial score (nSPS) is 10.1. The molecule has 2 rings (SSSR count). The van der Waals surface area contributed by atoms with Gasteiger partial charge in [-0.2, -0.15) is 0 Å². The summed E-state index contributed by atoms with van der Waals surface area (Å²) in [6.07, 6.45) is 0.736. The van der Waals surface area contributed by atoms with Crippen LogP contribution in [0.2, 0.25) is 0 Å². The Morgan fingerprint density at radius 1 is 0.886 bits per heavy atom. The zero-order valence-corrected chi connectivity index (χ0v) is 20.4. The number of carbonyl (C=O) groups is 3. The molecule has 0 aliphatic rings. The van der Waals surface area contributed by atoms with Crippen LogP contribution in [-0.2, 0) is 14.3 Å². The molecule has 188 valence electrons. The summed E-state index contributed by atoms with van der Waals surface area (Å²) in [6.45, 7) is 5.08. The Morgan fingerprint density at radius 3 is 2.34 bits per heavy atom. The van der Waals surface area contributed by atoms with Crippen molar-refractivity contribution in [3.63, 3.8) is 0 Å². The van der Waals surface area contributed by atoms with Crippen LogP contribution in [-0.4, -0.2) is 55.9 Å². The van der Waals surface area contributed by atoms with Gasteiger partial charge in [-0.15, -0.1) is 0 Å². The van der Waals surface area contributed by atoms with Gasteiger partial charge in [0.2, 0.25) is 0 Å². The molecule has 0 aliphatic heterocycles. The molecule has 10 nitrogen and oxygen atoms in total. The maximum atomic E-state index is 12.5. The number of ether oxygens (including phenoxy) is 4. The number of hydrogen-bond donors (Lipinski definition) is 3. The van der Waals surface area contributed by atoms with Gasteiger partial charge < -0.3 is 18.9 Å². The van der Waals surface area contributed by atoms with Crippen LogP contribution in [0.5, 0.6) is 11.5 Å². The Hall–Kier alpha value is -3.70. The van der Waals surface area contributed by atoms with Crippen LogP contribution in [0.3, 0.4) is 0 Å². The van der Waals surface area contributed by atoms with Gasteiger partial charge in [0, 0.05) is 6.61 Å². The van der Waals surface area contributed by atoms with E-state index in [0.717, 1.165) is 6.42 Å². The smallest absolute Gasteiger partial charge is 0.338 e. The van der Waals surface area contributed by atoms with Crippen molar-refractivity contribution >= 4 is 35.1 Å². The van der Waals surface area contributed by atoms with Crippen LogP contribution in [0.25, 0.3) is 0 Å². The van der Waals surface area contributed by atoms with E-state index >= 15 is 0 Å². The molecule has 0 saturated heterocycles. The standard InChI is InChI=1S/C24H29N3O7S/c1-3-13-33-23(30)17-9-11-18(12-10-17)34-16-21(28)26-27-24(35)25-22(29)19-7-5-6-8-20(19)32-15-14-31-4-2/h5-12H,3-4,13-16H2,1-2H3,(H,26,28)(H2,25,27,29,35). The number of para-hydroxylation sites is 1. The van der Waals surface area contributed by atoms with Crippen molar-refractivity contribution in [1.82, 2.24) is 16.2 Å². The van der Waals surface area contributed by atoms with Gasteiger partial charge in [0.05, 0.1) is 24.3 Å². The molecule has 0 saturated carbocycles. The van der Waals surface area contributed by atoms with E-state index < -0.39 is 17.8 Å². The number of benzene rings is 2. The van der Waals surface area contributed by atoms with Gasteiger partial charge in [-0.3, -0.25) is 25.8 Å². The molecule has 35 heavy (non-hydrogen) atoms. The first-order chi connectivity index (χ1) is 16.9. The molecule has 0 radical (unpaired) electrons. The summed E-state index contributed by atoms with van der Waals surface area (Å²) in [7, 11) is 0. The zero-order valence-electron chi connectivity index (χ0n) is 19.6. The topological polar surface area (TPSA) is 124 Å². The lowest BCUT2D eigenvalue weighted by molar-refractivity contribution is -0.123. The lowest BCUT2D eigenvalue weighted by atomic mass is 10.2. The molecule has 0 aromatic heterocycles. The van der Waals surface area contributed by atoms with Gasteiger partial charge in [0.15, 0.2) is 11.7 Å². The Balaban J connectivity index is 1.75. The number of hydrazine groups is 1. The summed E-state index contributed by atoms with van der Waals surface area (Å²) < 4.78 is 21.2. The van der Waals surface area contributed by atoms with Crippen LogP contribution in [0.4, 0.5) is 0 Å². The number of hydrogen-bond acceptors (Lipinski definition) is 8. The predicted octanol–water partition coefficient (Wildman–Crippen LogP) is 2.38. The highest BCUT2D eigenvalue weighted by atomic mass is 32.1. The van der Waals surface area contributed by atoms with E-state index in [-0.39, 0.29) is 17.3 Å². The fourth-order valence-electron chi connectivity index (χ4n) is 2.61. The molecular formula is C24H29N3O7S. The summed E-state index contributed by atoms with van der Waals surface area (Å²) in [5.41, 5.74) is 5.44. The van der Waals surface area contributed by atoms with Crippen LogP contribution >= 0.6 is 12.2 Å². The van der Waals surface area contributed by atoms with E-state index in [4.69, 9.17) is 31.2 Å². The lowest BCUT2D eigenvalue weighted by Gasteiger charge is -2.13. The van der Waals surface area contributed by atoms with Crippen LogP contribution < -0.4 is 25.6 Å². The first kappa shape index (κ1) is 27.5. The maximum Gasteiger partial charge on any atom is 0.338 e. The predicted molar refractivity (Wildman–Crippen MR) is 132 cm³/mol. The van der Waals surface area contributed by atoms with Gasteiger partial charge in [0.25, 0.3) is 11.8 Å². The molecule has 3 N–H and O–H groups in total. The Bertz CT molecular complexity index is 999. The molecular weight excluding hydrogens is 474 g/mol. The Kier molecular flexibility index (Phi) is 12.0. The summed E-state index contributed by atoms with van der Waals surface area (Å²) in [5, 5.41) is 2.36. The highest BCUT2D eigenvalue weighted by molar-refractivity contribution is 7.80. The van der Waals surface area contributed by atoms with Gasteiger partial charge >= 0.3 is 5.97 Å². The second-order valence-corrected chi connectivity index (χ2v) is 7.36. The van der Waals surface area contributed by atoms with E-state index in [2.05, 4.69) is 16.2 Å². The van der Waals surface area contributed by atoms with E-state index in [0.29, 0.717) is 43.5 Å². The molecule has 2 aromatic carbocycles. The Labute approximate surface area is 209 Å². The highest BCUT2D eigenvalue weighted by Crippen LogP contribution is 2.17. The highest BCUT2D eigenvalue weighted by Gasteiger charge is 2.14. The van der Waals surface area contributed by atoms with Crippen LogP contribution in [0, 0.1) is 0 Å². The average molecular weight is 504 g/mol. The number of carbonyl (C=O) groups excluding carboxylic acids is 3. The Morgan fingerprint density at radius 2 is 1.63 bits per heavy atom. The van der Waals surface area contributed by atoms with Crippen LogP contribution in [0.15, 0.2) is 48.5 Å². The molecule has 0 bridgehead atoms. The summed E-state index contributed by atoms with van der Waals surface area (Å²) >= 11 is 5.06. The zero-order chi connectivity index (χ0) is 25.5. The number of nitrogens with one attached hydrogen (secondary N) is 3. The first-order valence-corrected chi connectivity index (χ1v) is 11.4. The fourth-order valence-corrected chi connectivity index (χ4v) is 2.76. The molecule has 0 atom stereocenters.